The highest BCUT2D eigenvalue weighted by molar-refractivity contribution is 5.59. The Morgan fingerprint density at radius 1 is 1.41 bits per heavy atom. The molecule has 0 aliphatic heterocycles. The van der Waals surface area contributed by atoms with Crippen LogP contribution in [0.15, 0.2) is 17.6 Å². The molecule has 0 aliphatic carbocycles. The van der Waals surface area contributed by atoms with E-state index in [1.54, 1.807) is 27.7 Å². The van der Waals surface area contributed by atoms with Gasteiger partial charge in [0, 0.05) is 18.5 Å². The first-order chi connectivity index (χ1) is 13.6. The van der Waals surface area contributed by atoms with Crippen LogP contribution in [0.5, 0.6) is 0 Å². The molecule has 13 heteroatoms. The highest BCUT2D eigenvalue weighted by Gasteiger charge is 2.32. The molecule has 1 rings (SSSR count). The van der Waals surface area contributed by atoms with Crippen molar-refractivity contribution in [2.24, 2.45) is 5.18 Å². The van der Waals surface area contributed by atoms with Crippen LogP contribution in [-0.2, 0) is 16.2 Å². The van der Waals surface area contributed by atoms with Gasteiger partial charge in [-0.1, -0.05) is 10.2 Å². The van der Waals surface area contributed by atoms with Gasteiger partial charge in [-0.2, -0.15) is 15.9 Å². The number of carbonyl (C=O) groups excluding carboxylic acids is 1. The molecule has 29 heavy (non-hydrogen) atoms. The van der Waals surface area contributed by atoms with E-state index in [1.165, 1.54) is 17.0 Å². The van der Waals surface area contributed by atoms with E-state index < -0.39 is 28.1 Å². The Hall–Kier alpha value is -2.32. The molecule has 0 aliphatic rings. The molecular weight excluding hydrogens is 386 g/mol. The lowest BCUT2D eigenvalue weighted by Gasteiger charge is -2.32. The molecule has 0 aromatic carbocycles. The van der Waals surface area contributed by atoms with E-state index in [2.05, 4.69) is 21.0 Å². The predicted octanol–water partition coefficient (Wildman–Crippen LogP) is 0.531. The Morgan fingerprint density at radius 2 is 2.10 bits per heavy atom. The van der Waals surface area contributed by atoms with Gasteiger partial charge in [-0.25, -0.2) is 4.57 Å². The molecule has 164 valence electrons. The van der Waals surface area contributed by atoms with Crippen LogP contribution in [-0.4, -0.2) is 62.3 Å². The van der Waals surface area contributed by atoms with Crippen molar-refractivity contribution in [3.63, 3.8) is 0 Å². The average Bonchev–Trinajstić information content (AvgIpc) is 3.11. The summed E-state index contributed by atoms with van der Waals surface area (Å²) >= 11 is 0. The first-order valence-corrected chi connectivity index (χ1v) is 9.06. The van der Waals surface area contributed by atoms with Gasteiger partial charge in [0.05, 0.1) is 18.7 Å². The van der Waals surface area contributed by atoms with E-state index in [0.717, 1.165) is 0 Å². The Morgan fingerprint density at radius 3 is 2.66 bits per heavy atom. The van der Waals surface area contributed by atoms with Crippen molar-refractivity contribution in [2.75, 3.05) is 13.2 Å². The quantitative estimate of drug-likeness (QED) is 0.104. The van der Waals surface area contributed by atoms with Crippen LogP contribution in [0, 0.1) is 15.0 Å². The molecule has 0 saturated carbocycles. The highest BCUT2D eigenvalue weighted by Crippen LogP contribution is 2.19. The number of nitrogens with one attached hydrogen (secondary N) is 3. The lowest BCUT2D eigenvalue weighted by Crippen LogP contribution is -2.57. The van der Waals surface area contributed by atoms with Crippen LogP contribution >= 0.6 is 0 Å². The molecule has 0 bridgehead atoms. The fourth-order valence-corrected chi connectivity index (χ4v) is 2.66. The second-order valence-electron chi connectivity index (χ2n) is 7.65. The molecule has 2 atom stereocenters. The summed E-state index contributed by atoms with van der Waals surface area (Å²) in [5.41, 5.74) is 3.19. The predicted molar refractivity (Wildman–Crippen MR) is 103 cm³/mol. The fourth-order valence-electron chi connectivity index (χ4n) is 2.66. The number of aldehydes is 1. The van der Waals surface area contributed by atoms with Crippen molar-refractivity contribution in [2.45, 2.75) is 63.8 Å². The van der Waals surface area contributed by atoms with Crippen LogP contribution < -0.4 is 16.3 Å². The fraction of sp³-hybridized carbons (Fsp3) is 0.750. The molecule has 0 saturated heterocycles. The van der Waals surface area contributed by atoms with Gasteiger partial charge < -0.3 is 25.4 Å². The number of aromatic nitrogens is 2. The molecular formula is C16H29N7O6. The number of nitro groups is 1. The molecule has 1 aromatic rings. The molecule has 1 aromatic heterocycles. The number of nitrogens with zero attached hydrogens (tertiary/aromatic N) is 4. The molecule has 0 radical (unpaired) electrons. The van der Waals surface area contributed by atoms with Crippen molar-refractivity contribution in [1.82, 2.24) is 25.8 Å². The lowest BCUT2D eigenvalue weighted by atomic mass is 9.93. The molecule has 13 nitrogen and oxygen atoms in total. The van der Waals surface area contributed by atoms with Gasteiger partial charge in [-0.05, 0) is 32.6 Å². The largest absolute Gasteiger partial charge is 0.434 e. The summed E-state index contributed by atoms with van der Waals surface area (Å²) in [6.07, 6.45) is 3.64. The van der Waals surface area contributed by atoms with E-state index in [9.17, 15) is 19.8 Å². The molecule has 4 N–H and O–H groups in total. The van der Waals surface area contributed by atoms with Crippen LogP contribution in [0.2, 0.25) is 0 Å². The normalized spacial score (nSPS) is 14.4. The topological polar surface area (TPSA) is 173 Å². The Balaban J connectivity index is 2.49. The third-order valence-corrected chi connectivity index (χ3v) is 4.63. The second kappa shape index (κ2) is 11.0. The van der Waals surface area contributed by atoms with Gasteiger partial charge in [0.1, 0.15) is 30.8 Å². The van der Waals surface area contributed by atoms with Crippen molar-refractivity contribution in [1.29, 1.82) is 0 Å². The number of aryl methyl sites for hydroxylation is 1. The van der Waals surface area contributed by atoms with Crippen molar-refractivity contribution < 1.29 is 19.8 Å². The Labute approximate surface area is 168 Å². The van der Waals surface area contributed by atoms with Crippen LogP contribution in [0.3, 0.4) is 0 Å². The van der Waals surface area contributed by atoms with E-state index >= 15 is 0 Å². The van der Waals surface area contributed by atoms with Crippen molar-refractivity contribution >= 4 is 12.2 Å². The minimum Gasteiger partial charge on any atom is -0.390 e. The Kier molecular flexibility index (Phi) is 9.39. The van der Waals surface area contributed by atoms with Gasteiger partial charge in [-0.15, -0.1) is 0 Å². The maximum Gasteiger partial charge on any atom is 0.434 e. The summed E-state index contributed by atoms with van der Waals surface area (Å²) in [5.74, 6) is -0.295. The summed E-state index contributed by atoms with van der Waals surface area (Å²) in [7, 11) is 0. The smallest absolute Gasteiger partial charge is 0.390 e. The van der Waals surface area contributed by atoms with Gasteiger partial charge in [0.2, 0.25) is 0 Å². The molecule has 1 heterocycles. The number of imidazole rings is 1. The van der Waals surface area contributed by atoms with E-state index in [1.807, 2.05) is 5.48 Å². The first-order valence-electron chi connectivity index (χ1n) is 9.06. The zero-order chi connectivity index (χ0) is 22.1. The molecule has 2 unspecified atom stereocenters. The summed E-state index contributed by atoms with van der Waals surface area (Å²) in [4.78, 5) is 41.6. The molecule has 0 amide bonds. The number of carbonyl (C=O) groups is 1. The van der Waals surface area contributed by atoms with Crippen LogP contribution in [0.25, 0.3) is 0 Å². The van der Waals surface area contributed by atoms with Crippen molar-refractivity contribution in [3.8, 4) is 0 Å². The highest BCUT2D eigenvalue weighted by atomic mass is 16.6. The van der Waals surface area contributed by atoms with E-state index in [0.29, 0.717) is 12.8 Å². The third-order valence-electron chi connectivity index (χ3n) is 4.63. The standard InChI is InChI=1S/C16H29N7O6/c1-15(2,13(11-24)20-26)18-7-10-29-21-16(3,4)12(19-25)5-8-22-9-6-17-14(22)23(27)28/h6,9,11-13,18,20-21,26H,5,7-8,10H2,1-4H3. The maximum absolute atomic E-state index is 11.3. The summed E-state index contributed by atoms with van der Waals surface area (Å²) in [6.45, 7) is 7.73. The van der Waals surface area contributed by atoms with E-state index in [4.69, 9.17) is 10.0 Å². The Bertz CT molecular complexity index is 678. The number of hydrogen-bond donors (Lipinski definition) is 4. The number of hydroxylamine groups is 2. The van der Waals surface area contributed by atoms with Gasteiger partial charge in [0.25, 0.3) is 0 Å². The number of rotatable bonds is 15. The average molecular weight is 415 g/mol. The van der Waals surface area contributed by atoms with Gasteiger partial charge in [-0.3, -0.25) is 4.84 Å². The van der Waals surface area contributed by atoms with Crippen LogP contribution in [0.4, 0.5) is 5.95 Å². The third kappa shape index (κ3) is 7.21. The minimum atomic E-state index is -0.829. The summed E-state index contributed by atoms with van der Waals surface area (Å²) in [5, 5.41) is 26.1. The first kappa shape index (κ1) is 24.7. The minimum absolute atomic E-state index is 0.203. The lowest BCUT2D eigenvalue weighted by molar-refractivity contribution is -0.396. The van der Waals surface area contributed by atoms with Gasteiger partial charge >= 0.3 is 5.95 Å². The molecule has 0 spiro atoms. The maximum atomic E-state index is 11.3. The van der Waals surface area contributed by atoms with Gasteiger partial charge in [0.15, 0.2) is 0 Å². The van der Waals surface area contributed by atoms with Crippen molar-refractivity contribution in [3.05, 3.63) is 27.4 Å². The summed E-state index contributed by atoms with van der Waals surface area (Å²) < 4.78 is 1.35. The second-order valence-corrected chi connectivity index (χ2v) is 7.65. The number of nitroso groups, excluding NO2 is 1. The number of hydrogen-bond acceptors (Lipinski definition) is 11. The SMILES string of the molecule is CC(C)(NOCCNC(C)(C)C(C=O)NO)C(CCn1ccnc1[N+](=O)[O-])N=O. The van der Waals surface area contributed by atoms with Crippen LogP contribution in [0.1, 0.15) is 34.1 Å². The van der Waals surface area contributed by atoms with E-state index in [-0.39, 0.29) is 25.5 Å². The summed E-state index contributed by atoms with van der Waals surface area (Å²) in [6, 6.07) is -1.50. The zero-order valence-corrected chi connectivity index (χ0v) is 17.0. The molecule has 0 fully saturated rings. The zero-order valence-electron chi connectivity index (χ0n) is 17.0. The monoisotopic (exact) mass is 415 g/mol.